The van der Waals surface area contributed by atoms with Crippen LogP contribution in [0.25, 0.3) is 0 Å². The molecule has 2 N–H and O–H groups in total. The summed E-state index contributed by atoms with van der Waals surface area (Å²) in [5, 5.41) is 8.72. The molecular formula is C13H17NO4S. The van der Waals surface area contributed by atoms with Gasteiger partial charge in [0.2, 0.25) is 10.0 Å². The number of carboxylic acid groups (broad SMARTS) is 1. The molecule has 0 unspecified atom stereocenters. The quantitative estimate of drug-likeness (QED) is 0.744. The van der Waals surface area contributed by atoms with Gasteiger partial charge in [0.25, 0.3) is 0 Å². The summed E-state index contributed by atoms with van der Waals surface area (Å²) in [5.74, 6) is -1.05. The molecule has 1 rings (SSSR count). The van der Waals surface area contributed by atoms with Crippen LogP contribution in [-0.2, 0) is 21.2 Å². The van der Waals surface area contributed by atoms with Gasteiger partial charge < -0.3 is 5.11 Å². The van der Waals surface area contributed by atoms with Crippen LogP contribution in [0.1, 0.15) is 18.9 Å². The Labute approximate surface area is 113 Å². The van der Waals surface area contributed by atoms with Crippen LogP contribution in [0.4, 0.5) is 0 Å². The van der Waals surface area contributed by atoms with Crippen LogP contribution in [0.15, 0.2) is 41.3 Å². The highest BCUT2D eigenvalue weighted by Gasteiger charge is 2.13. The van der Waals surface area contributed by atoms with Crippen LogP contribution >= 0.6 is 0 Å². The fourth-order valence-electron chi connectivity index (χ4n) is 1.43. The van der Waals surface area contributed by atoms with Crippen molar-refractivity contribution in [2.24, 2.45) is 0 Å². The molecule has 0 heterocycles. The average molecular weight is 283 g/mol. The minimum atomic E-state index is -3.47. The molecule has 104 valence electrons. The molecule has 0 spiro atoms. The van der Waals surface area contributed by atoms with Crippen molar-refractivity contribution in [1.82, 2.24) is 4.72 Å². The third-order valence-electron chi connectivity index (χ3n) is 2.50. The van der Waals surface area contributed by atoms with Gasteiger partial charge in [-0.3, -0.25) is 0 Å². The molecule has 5 nitrogen and oxygen atoms in total. The first-order valence-corrected chi connectivity index (χ1v) is 7.35. The summed E-state index contributed by atoms with van der Waals surface area (Å²) < 4.78 is 26.1. The summed E-state index contributed by atoms with van der Waals surface area (Å²) in [7, 11) is -3.47. The number of hydrogen-bond acceptors (Lipinski definition) is 3. The lowest BCUT2D eigenvalue weighted by Crippen LogP contribution is -2.24. The number of hydrogen-bond donors (Lipinski definition) is 2. The predicted octanol–water partition coefficient (Wildman–Crippen LogP) is 1.56. The molecule has 0 saturated carbocycles. The molecule has 0 aromatic heterocycles. The fraction of sp³-hybridized carbons (Fsp3) is 0.308. The monoisotopic (exact) mass is 283 g/mol. The molecule has 0 aliphatic heterocycles. The molecule has 0 aliphatic carbocycles. The minimum absolute atomic E-state index is 0.0692. The maximum atomic E-state index is 11.8. The van der Waals surface area contributed by atoms with Crippen LogP contribution in [0.2, 0.25) is 0 Å². The number of sulfonamides is 1. The average Bonchev–Trinajstić information content (AvgIpc) is 2.37. The number of carbonyl (C=O) groups is 1. The lowest BCUT2D eigenvalue weighted by Gasteiger charge is -2.07. The van der Waals surface area contributed by atoms with Gasteiger partial charge in [0.05, 0.1) is 4.90 Å². The second kappa shape index (κ2) is 6.49. The van der Waals surface area contributed by atoms with Gasteiger partial charge in [-0.1, -0.05) is 25.6 Å². The molecule has 0 aliphatic rings. The Morgan fingerprint density at radius 1 is 1.32 bits per heavy atom. The van der Waals surface area contributed by atoms with Crippen molar-refractivity contribution in [3.8, 4) is 0 Å². The SMILES string of the molecule is C=C(Cc1ccc(S(=O)(=O)NCCC)cc1)C(=O)O. The topological polar surface area (TPSA) is 83.5 Å². The molecule has 0 bridgehead atoms. The van der Waals surface area contributed by atoms with Crippen molar-refractivity contribution in [3.05, 3.63) is 42.0 Å². The first-order valence-electron chi connectivity index (χ1n) is 5.86. The number of nitrogens with one attached hydrogen (secondary N) is 1. The van der Waals surface area contributed by atoms with Gasteiger partial charge in [-0.05, 0) is 24.1 Å². The van der Waals surface area contributed by atoms with E-state index in [1.165, 1.54) is 12.1 Å². The molecular weight excluding hydrogens is 266 g/mol. The van der Waals surface area contributed by atoms with E-state index in [1.54, 1.807) is 12.1 Å². The maximum absolute atomic E-state index is 11.8. The van der Waals surface area contributed by atoms with E-state index in [0.29, 0.717) is 12.1 Å². The maximum Gasteiger partial charge on any atom is 0.331 e. The summed E-state index contributed by atoms with van der Waals surface area (Å²) >= 11 is 0. The fourth-order valence-corrected chi connectivity index (χ4v) is 2.56. The van der Waals surface area contributed by atoms with Gasteiger partial charge in [0, 0.05) is 18.5 Å². The number of rotatable bonds is 7. The molecule has 0 atom stereocenters. The largest absolute Gasteiger partial charge is 0.478 e. The Morgan fingerprint density at radius 3 is 2.37 bits per heavy atom. The predicted molar refractivity (Wildman–Crippen MR) is 72.4 cm³/mol. The van der Waals surface area contributed by atoms with Crippen molar-refractivity contribution < 1.29 is 18.3 Å². The summed E-state index contributed by atoms with van der Waals surface area (Å²) in [5.41, 5.74) is 0.779. The highest BCUT2D eigenvalue weighted by atomic mass is 32.2. The molecule has 0 fully saturated rings. The van der Waals surface area contributed by atoms with Gasteiger partial charge in [-0.2, -0.15) is 0 Å². The van der Waals surface area contributed by atoms with E-state index in [1.807, 2.05) is 6.92 Å². The number of carboxylic acids is 1. The minimum Gasteiger partial charge on any atom is -0.478 e. The van der Waals surface area contributed by atoms with Crippen LogP contribution in [0.5, 0.6) is 0 Å². The summed E-state index contributed by atoms with van der Waals surface area (Å²) in [4.78, 5) is 10.8. The van der Waals surface area contributed by atoms with Crippen molar-refractivity contribution in [2.75, 3.05) is 6.54 Å². The molecule has 0 radical (unpaired) electrons. The molecule has 0 saturated heterocycles. The van der Waals surface area contributed by atoms with E-state index in [4.69, 9.17) is 5.11 Å². The molecule has 19 heavy (non-hydrogen) atoms. The van der Waals surface area contributed by atoms with Gasteiger partial charge >= 0.3 is 5.97 Å². The van der Waals surface area contributed by atoms with Gasteiger partial charge in [0.1, 0.15) is 0 Å². The van der Waals surface area contributed by atoms with Crippen molar-refractivity contribution in [2.45, 2.75) is 24.7 Å². The van der Waals surface area contributed by atoms with Crippen molar-refractivity contribution in [1.29, 1.82) is 0 Å². The van der Waals surface area contributed by atoms with Crippen LogP contribution in [0.3, 0.4) is 0 Å². The smallest absolute Gasteiger partial charge is 0.331 e. The Morgan fingerprint density at radius 2 is 1.89 bits per heavy atom. The standard InChI is InChI=1S/C13H17NO4S/c1-3-8-14-19(17,18)12-6-4-11(5-7-12)9-10(2)13(15)16/h4-7,14H,2-3,8-9H2,1H3,(H,15,16). The first-order chi connectivity index (χ1) is 8.86. The summed E-state index contributed by atoms with van der Waals surface area (Å²) in [6.45, 7) is 5.70. The Balaban J connectivity index is 2.82. The summed E-state index contributed by atoms with van der Waals surface area (Å²) in [6.07, 6.45) is 0.911. The second-order valence-electron chi connectivity index (χ2n) is 4.13. The van der Waals surface area contributed by atoms with Crippen molar-refractivity contribution >= 4 is 16.0 Å². The number of benzene rings is 1. The highest BCUT2D eigenvalue weighted by molar-refractivity contribution is 7.89. The van der Waals surface area contributed by atoms with E-state index in [-0.39, 0.29) is 16.9 Å². The second-order valence-corrected chi connectivity index (χ2v) is 5.89. The van der Waals surface area contributed by atoms with E-state index in [2.05, 4.69) is 11.3 Å². The highest BCUT2D eigenvalue weighted by Crippen LogP contribution is 2.13. The third kappa shape index (κ3) is 4.50. The Bertz CT molecular complexity index is 561. The summed E-state index contributed by atoms with van der Waals surface area (Å²) in [6, 6.07) is 6.11. The van der Waals surface area contributed by atoms with Gasteiger partial charge in [0.15, 0.2) is 0 Å². The van der Waals surface area contributed by atoms with E-state index in [9.17, 15) is 13.2 Å². The van der Waals surface area contributed by atoms with Gasteiger partial charge in [-0.25, -0.2) is 17.9 Å². The first kappa shape index (κ1) is 15.4. The van der Waals surface area contributed by atoms with Crippen LogP contribution < -0.4 is 4.72 Å². The lowest BCUT2D eigenvalue weighted by atomic mass is 10.1. The number of aliphatic carboxylic acids is 1. The zero-order chi connectivity index (χ0) is 14.5. The normalized spacial score (nSPS) is 11.2. The molecule has 0 amide bonds. The third-order valence-corrected chi connectivity index (χ3v) is 3.97. The molecule has 1 aromatic carbocycles. The van der Waals surface area contributed by atoms with Crippen LogP contribution in [-0.4, -0.2) is 26.0 Å². The lowest BCUT2D eigenvalue weighted by molar-refractivity contribution is -0.132. The van der Waals surface area contributed by atoms with E-state index in [0.717, 1.165) is 6.42 Å². The Hall–Kier alpha value is -1.66. The van der Waals surface area contributed by atoms with E-state index < -0.39 is 16.0 Å². The van der Waals surface area contributed by atoms with Crippen molar-refractivity contribution in [3.63, 3.8) is 0 Å². The zero-order valence-electron chi connectivity index (χ0n) is 10.7. The Kier molecular flexibility index (Phi) is 5.26. The van der Waals surface area contributed by atoms with E-state index >= 15 is 0 Å². The molecule has 6 heteroatoms. The van der Waals surface area contributed by atoms with Crippen LogP contribution in [0, 0.1) is 0 Å². The van der Waals surface area contributed by atoms with Gasteiger partial charge in [-0.15, -0.1) is 0 Å². The molecule has 1 aromatic rings. The zero-order valence-corrected chi connectivity index (χ0v) is 11.5.